The first-order valence-electron chi connectivity index (χ1n) is 9.12. The molecule has 0 bridgehead atoms. The average molecular weight is 561 g/mol. The molecule has 11 heteroatoms. The highest BCUT2D eigenvalue weighted by Gasteiger charge is 2.29. The predicted molar refractivity (Wildman–Crippen MR) is 125 cm³/mol. The number of aromatic amines is 1. The average Bonchev–Trinajstić information content (AvgIpc) is 3.06. The molecule has 0 saturated carbocycles. The SMILES string of the molecule is CCOC(=O)c1[nH]c2cc(Cl)c(S(=O)(=O)c3ccc(C)cc3)c(Cl)c2c1/C=C(/Br)C(=O)O. The van der Waals surface area contributed by atoms with Gasteiger partial charge in [0.1, 0.15) is 15.1 Å². The van der Waals surface area contributed by atoms with Gasteiger partial charge in [0.15, 0.2) is 0 Å². The minimum atomic E-state index is -4.13. The van der Waals surface area contributed by atoms with Crippen molar-refractivity contribution in [2.45, 2.75) is 23.6 Å². The summed E-state index contributed by atoms with van der Waals surface area (Å²) in [5, 5.41) is 8.96. The second-order valence-corrected chi connectivity index (χ2v) is 10.2. The Kier molecular flexibility index (Phi) is 7.04. The van der Waals surface area contributed by atoms with Gasteiger partial charge in [0.2, 0.25) is 9.84 Å². The zero-order chi connectivity index (χ0) is 23.8. The van der Waals surface area contributed by atoms with Crippen molar-refractivity contribution in [1.29, 1.82) is 0 Å². The first-order valence-corrected chi connectivity index (χ1v) is 12.1. The fraction of sp³-hybridized carbons (Fsp3) is 0.143. The summed E-state index contributed by atoms with van der Waals surface area (Å²) in [6.07, 6.45) is 1.15. The number of hydrogen-bond acceptors (Lipinski definition) is 5. The van der Waals surface area contributed by atoms with Gasteiger partial charge in [-0.1, -0.05) is 40.9 Å². The van der Waals surface area contributed by atoms with Gasteiger partial charge in [-0.25, -0.2) is 18.0 Å². The number of H-pyrrole nitrogens is 1. The van der Waals surface area contributed by atoms with Gasteiger partial charge in [0, 0.05) is 16.5 Å². The maximum absolute atomic E-state index is 13.3. The second-order valence-electron chi connectivity index (χ2n) is 6.67. The van der Waals surface area contributed by atoms with Crippen molar-refractivity contribution in [3.8, 4) is 0 Å². The minimum Gasteiger partial charge on any atom is -0.477 e. The fourth-order valence-electron chi connectivity index (χ4n) is 3.07. The van der Waals surface area contributed by atoms with E-state index >= 15 is 0 Å². The Labute approximate surface area is 202 Å². The van der Waals surface area contributed by atoms with Crippen LogP contribution in [0.1, 0.15) is 28.5 Å². The lowest BCUT2D eigenvalue weighted by atomic mass is 10.1. The zero-order valence-corrected chi connectivity index (χ0v) is 20.6. The van der Waals surface area contributed by atoms with Crippen molar-refractivity contribution in [3.05, 3.63) is 61.7 Å². The Balaban J connectivity index is 2.39. The van der Waals surface area contributed by atoms with Gasteiger partial charge in [-0.2, -0.15) is 0 Å². The Morgan fingerprint density at radius 3 is 2.41 bits per heavy atom. The van der Waals surface area contributed by atoms with Gasteiger partial charge in [0.05, 0.1) is 21.5 Å². The Bertz CT molecular complexity index is 1380. The molecule has 0 aliphatic rings. The molecule has 2 N–H and O–H groups in total. The van der Waals surface area contributed by atoms with Crippen LogP contribution in [0.5, 0.6) is 0 Å². The Hall–Kier alpha value is -2.33. The van der Waals surface area contributed by atoms with Crippen LogP contribution in [0.3, 0.4) is 0 Å². The molecule has 0 saturated heterocycles. The molecule has 3 aromatic rings. The number of carboxylic acid groups (broad SMARTS) is 1. The summed E-state index contributed by atoms with van der Waals surface area (Å²) in [7, 11) is -4.13. The van der Waals surface area contributed by atoms with Gasteiger partial charge >= 0.3 is 11.9 Å². The van der Waals surface area contributed by atoms with Crippen molar-refractivity contribution in [1.82, 2.24) is 4.98 Å². The molecule has 3 rings (SSSR count). The highest BCUT2D eigenvalue weighted by atomic mass is 79.9. The number of esters is 1. The van der Waals surface area contributed by atoms with Crippen LogP contribution >= 0.6 is 39.1 Å². The third-order valence-corrected chi connectivity index (χ3v) is 7.85. The Morgan fingerprint density at radius 2 is 1.84 bits per heavy atom. The van der Waals surface area contributed by atoms with Gasteiger partial charge in [0.25, 0.3) is 0 Å². The molecule has 7 nitrogen and oxygen atoms in total. The summed E-state index contributed by atoms with van der Waals surface area (Å²) in [4.78, 5) is 26.3. The smallest absolute Gasteiger partial charge is 0.355 e. The van der Waals surface area contributed by atoms with Crippen molar-refractivity contribution in [2.75, 3.05) is 6.61 Å². The number of halogens is 3. The number of carbonyl (C=O) groups excluding carboxylic acids is 1. The van der Waals surface area contributed by atoms with Gasteiger partial charge < -0.3 is 14.8 Å². The number of fused-ring (bicyclic) bond motifs is 1. The molecule has 0 aliphatic carbocycles. The molecule has 0 amide bonds. The quantitative estimate of drug-likeness (QED) is 0.299. The highest BCUT2D eigenvalue weighted by molar-refractivity contribution is 9.12. The number of rotatable bonds is 6. The second kappa shape index (κ2) is 9.27. The molecule has 0 fully saturated rings. The van der Waals surface area contributed by atoms with Crippen molar-refractivity contribution in [3.63, 3.8) is 0 Å². The summed E-state index contributed by atoms with van der Waals surface area (Å²) in [6, 6.07) is 7.47. The maximum atomic E-state index is 13.3. The summed E-state index contributed by atoms with van der Waals surface area (Å²) in [5.74, 6) is -2.07. The van der Waals surface area contributed by atoms with E-state index in [1.807, 2.05) is 6.92 Å². The molecular weight excluding hydrogens is 545 g/mol. The normalized spacial score (nSPS) is 12.2. The number of carboxylic acids is 1. The first-order chi connectivity index (χ1) is 15.0. The van der Waals surface area contributed by atoms with E-state index in [0.717, 1.165) is 11.6 Å². The van der Waals surface area contributed by atoms with E-state index < -0.39 is 21.8 Å². The van der Waals surface area contributed by atoms with E-state index in [2.05, 4.69) is 20.9 Å². The van der Waals surface area contributed by atoms with Crippen molar-refractivity contribution in [2.24, 2.45) is 0 Å². The molecule has 0 aliphatic heterocycles. The van der Waals surface area contributed by atoms with Gasteiger partial charge in [-0.05, 0) is 54.1 Å². The van der Waals surface area contributed by atoms with Crippen LogP contribution in [0.25, 0.3) is 17.0 Å². The standard InChI is InChI=1S/C21H16BrCl2NO6S/c1-3-31-21(28)18-12(8-13(22)20(26)27)16-15(25-18)9-14(23)19(17(16)24)32(29,30)11-6-4-10(2)5-7-11/h4-9,25H,3H2,1-2H3,(H,26,27)/b13-8+. The number of nitrogens with one attached hydrogen (secondary N) is 1. The topological polar surface area (TPSA) is 114 Å². The lowest BCUT2D eigenvalue weighted by Gasteiger charge is -2.11. The van der Waals surface area contributed by atoms with Crippen LogP contribution in [0.2, 0.25) is 10.0 Å². The van der Waals surface area contributed by atoms with Crippen LogP contribution in [0, 0.1) is 6.92 Å². The maximum Gasteiger partial charge on any atom is 0.355 e. The molecule has 1 aromatic heterocycles. The number of aliphatic carboxylic acids is 1. The van der Waals surface area contributed by atoms with E-state index in [4.69, 9.17) is 27.9 Å². The molecule has 1 heterocycles. The van der Waals surface area contributed by atoms with E-state index in [0.29, 0.717) is 0 Å². The van der Waals surface area contributed by atoms with E-state index in [9.17, 15) is 23.1 Å². The molecular formula is C21H16BrCl2NO6S. The van der Waals surface area contributed by atoms with Crippen LogP contribution in [0.4, 0.5) is 0 Å². The molecule has 0 unspecified atom stereocenters. The van der Waals surface area contributed by atoms with E-state index in [1.54, 1.807) is 19.1 Å². The van der Waals surface area contributed by atoms with E-state index in [1.165, 1.54) is 18.2 Å². The van der Waals surface area contributed by atoms with E-state index in [-0.39, 0.29) is 53.1 Å². The number of benzene rings is 2. The third kappa shape index (κ3) is 4.43. The first kappa shape index (κ1) is 24.3. The molecule has 0 atom stereocenters. The highest BCUT2D eigenvalue weighted by Crippen LogP contribution is 2.42. The lowest BCUT2D eigenvalue weighted by Crippen LogP contribution is -2.07. The van der Waals surface area contributed by atoms with Crippen LogP contribution in [-0.4, -0.2) is 37.1 Å². The van der Waals surface area contributed by atoms with Crippen LogP contribution < -0.4 is 0 Å². The molecule has 168 valence electrons. The summed E-state index contributed by atoms with van der Waals surface area (Å²) in [6.45, 7) is 3.50. The molecule has 32 heavy (non-hydrogen) atoms. The van der Waals surface area contributed by atoms with Crippen LogP contribution in [0.15, 0.2) is 44.6 Å². The summed E-state index contributed by atoms with van der Waals surface area (Å²) in [5.41, 5.74) is 1.06. The number of ether oxygens (including phenoxy) is 1. The van der Waals surface area contributed by atoms with Crippen molar-refractivity contribution >= 4 is 77.9 Å². The monoisotopic (exact) mass is 559 g/mol. The number of hydrogen-bond donors (Lipinski definition) is 2. The molecule has 2 aromatic carbocycles. The number of carbonyl (C=O) groups is 2. The summed E-state index contributed by atoms with van der Waals surface area (Å²) < 4.78 is 31.4. The van der Waals surface area contributed by atoms with Crippen LogP contribution in [-0.2, 0) is 19.4 Å². The predicted octanol–water partition coefficient (Wildman–Crippen LogP) is 5.61. The number of aryl methyl sites for hydroxylation is 1. The minimum absolute atomic E-state index is 0.0174. The summed E-state index contributed by atoms with van der Waals surface area (Å²) >= 11 is 15.8. The molecule has 0 spiro atoms. The number of sulfone groups is 1. The lowest BCUT2D eigenvalue weighted by molar-refractivity contribution is -0.131. The van der Waals surface area contributed by atoms with Gasteiger partial charge in [-0.3, -0.25) is 0 Å². The number of aromatic nitrogens is 1. The van der Waals surface area contributed by atoms with Gasteiger partial charge in [-0.15, -0.1) is 0 Å². The zero-order valence-electron chi connectivity index (χ0n) is 16.7. The Morgan fingerprint density at radius 1 is 1.22 bits per heavy atom. The third-order valence-electron chi connectivity index (χ3n) is 4.53. The fourth-order valence-corrected chi connectivity index (χ4v) is 5.85. The van der Waals surface area contributed by atoms with Crippen molar-refractivity contribution < 1.29 is 27.9 Å². The largest absolute Gasteiger partial charge is 0.477 e. The molecule has 0 radical (unpaired) electrons.